The average Bonchev–Trinajstić information content (AvgIpc) is 2.86. The van der Waals surface area contributed by atoms with Gasteiger partial charge in [0.2, 0.25) is 5.91 Å². The van der Waals surface area contributed by atoms with E-state index in [-0.39, 0.29) is 18.5 Å². The molecule has 6 heteroatoms. The Morgan fingerprint density at radius 3 is 3.21 bits per heavy atom. The number of rotatable bonds is 4. The zero-order chi connectivity index (χ0) is 13.7. The summed E-state index contributed by atoms with van der Waals surface area (Å²) in [7, 11) is 0. The van der Waals surface area contributed by atoms with E-state index in [1.165, 1.54) is 11.3 Å². The van der Waals surface area contributed by atoms with Gasteiger partial charge < -0.3 is 10.1 Å². The van der Waals surface area contributed by atoms with E-state index in [0.717, 1.165) is 32.1 Å². The molecular formula is C13H15N3O2S. The Kier molecular flexibility index (Phi) is 4.66. The fraction of sp³-hybridized carbons (Fsp3) is 0.462. The summed E-state index contributed by atoms with van der Waals surface area (Å²) in [4.78, 5) is 24.8. The molecule has 1 saturated heterocycles. The van der Waals surface area contributed by atoms with Crippen molar-refractivity contribution in [2.24, 2.45) is 0 Å². The fourth-order valence-corrected chi connectivity index (χ4v) is 2.97. The first-order valence-electron chi connectivity index (χ1n) is 6.21. The number of anilines is 1. The minimum Gasteiger partial charge on any atom is -0.315 e. The Balaban J connectivity index is 1.94. The molecule has 5 nitrogen and oxygen atoms in total. The number of carbonyl (C=O) groups excluding carboxylic acids is 2. The third-order valence-electron chi connectivity index (χ3n) is 3.21. The summed E-state index contributed by atoms with van der Waals surface area (Å²) in [5.74, 6) is -0.173. The lowest BCUT2D eigenvalue weighted by atomic mass is 10.0. The third kappa shape index (κ3) is 3.40. The molecule has 1 fully saturated rings. The highest BCUT2D eigenvalue weighted by molar-refractivity contribution is 7.14. The first kappa shape index (κ1) is 13.7. The van der Waals surface area contributed by atoms with Crippen molar-refractivity contribution in [2.75, 3.05) is 18.4 Å². The Hall–Kier alpha value is -1.71. The minimum atomic E-state index is -0.173. The van der Waals surface area contributed by atoms with Gasteiger partial charge in [0.1, 0.15) is 17.4 Å². The summed E-state index contributed by atoms with van der Waals surface area (Å²) in [6, 6.07) is 3.55. The topological polar surface area (TPSA) is 73.2 Å². The van der Waals surface area contributed by atoms with Gasteiger partial charge in [0.15, 0.2) is 0 Å². The highest BCUT2D eigenvalue weighted by Crippen LogP contribution is 2.22. The lowest BCUT2D eigenvalue weighted by molar-refractivity contribution is -0.120. The summed E-state index contributed by atoms with van der Waals surface area (Å²) in [6.45, 7) is 0.971. The highest BCUT2D eigenvalue weighted by Gasteiger charge is 2.23. The highest BCUT2D eigenvalue weighted by atomic mass is 32.1. The predicted octanol–water partition coefficient (Wildman–Crippen LogP) is 1.61. The second-order valence-electron chi connectivity index (χ2n) is 4.49. The fourth-order valence-electron chi connectivity index (χ4n) is 2.21. The van der Waals surface area contributed by atoms with Crippen LogP contribution in [0.4, 0.5) is 5.00 Å². The molecule has 0 saturated carbocycles. The minimum absolute atomic E-state index is 0.154. The van der Waals surface area contributed by atoms with Crippen molar-refractivity contribution in [2.45, 2.75) is 25.3 Å². The van der Waals surface area contributed by atoms with Crippen molar-refractivity contribution < 1.29 is 9.59 Å². The number of carbonyl (C=O) groups is 2. The molecular weight excluding hydrogens is 262 g/mol. The Morgan fingerprint density at radius 1 is 1.63 bits per heavy atom. The molecule has 1 aliphatic heterocycles. The van der Waals surface area contributed by atoms with E-state index in [4.69, 9.17) is 5.26 Å². The quantitative estimate of drug-likeness (QED) is 0.849. The van der Waals surface area contributed by atoms with Crippen molar-refractivity contribution >= 4 is 28.5 Å². The number of piperidine rings is 1. The smallest absolute Gasteiger partial charge is 0.239 e. The molecule has 1 aromatic heterocycles. The molecule has 1 amide bonds. The van der Waals surface area contributed by atoms with Crippen LogP contribution in [0.2, 0.25) is 0 Å². The number of hydrogen-bond donors (Lipinski definition) is 1. The second-order valence-corrected chi connectivity index (χ2v) is 5.41. The van der Waals surface area contributed by atoms with E-state index in [2.05, 4.69) is 5.32 Å². The van der Waals surface area contributed by atoms with Crippen LogP contribution in [0.1, 0.15) is 24.8 Å². The van der Waals surface area contributed by atoms with Gasteiger partial charge in [-0.05, 0) is 30.8 Å². The number of likely N-dealkylation sites (tertiary alicyclic amines) is 1. The van der Waals surface area contributed by atoms with Gasteiger partial charge in [-0.2, -0.15) is 5.26 Å². The Morgan fingerprint density at radius 2 is 2.47 bits per heavy atom. The predicted molar refractivity (Wildman–Crippen MR) is 72.9 cm³/mol. The maximum atomic E-state index is 11.9. The average molecular weight is 277 g/mol. The normalized spacial score (nSPS) is 19.6. The van der Waals surface area contributed by atoms with E-state index >= 15 is 0 Å². The van der Waals surface area contributed by atoms with Gasteiger partial charge in [0, 0.05) is 0 Å². The van der Waals surface area contributed by atoms with E-state index in [9.17, 15) is 9.59 Å². The van der Waals surface area contributed by atoms with Crippen molar-refractivity contribution in [3.05, 3.63) is 17.0 Å². The van der Waals surface area contributed by atoms with E-state index < -0.39 is 0 Å². The van der Waals surface area contributed by atoms with Crippen LogP contribution >= 0.6 is 11.3 Å². The molecule has 19 heavy (non-hydrogen) atoms. The maximum Gasteiger partial charge on any atom is 0.239 e. The molecule has 1 aliphatic rings. The lowest BCUT2D eigenvalue weighted by Crippen LogP contribution is -2.44. The molecule has 100 valence electrons. The molecule has 0 aliphatic carbocycles. The number of nitrogens with one attached hydrogen (secondary N) is 1. The molecule has 0 bridgehead atoms. The number of thiophene rings is 1. The standard InChI is InChI=1S/C13H15N3O2S/c14-7-10-4-6-19-13(10)15-12(18)8-16-5-2-1-3-11(16)9-17/h4,6,9,11H,1-3,5,8H2,(H,15,18). The monoisotopic (exact) mass is 277 g/mol. The SMILES string of the molecule is N#Cc1ccsc1NC(=O)CN1CCCCC1C=O. The van der Waals surface area contributed by atoms with Crippen LogP contribution in [-0.2, 0) is 9.59 Å². The summed E-state index contributed by atoms with van der Waals surface area (Å²) in [5, 5.41) is 13.9. The Labute approximate surface area is 115 Å². The van der Waals surface area contributed by atoms with Gasteiger partial charge in [0.25, 0.3) is 0 Å². The summed E-state index contributed by atoms with van der Waals surface area (Å²) in [6.07, 6.45) is 3.78. The van der Waals surface area contributed by atoms with Crippen LogP contribution in [0, 0.1) is 11.3 Å². The number of nitriles is 1. The van der Waals surface area contributed by atoms with E-state index in [1.807, 2.05) is 11.0 Å². The first-order valence-corrected chi connectivity index (χ1v) is 7.09. The van der Waals surface area contributed by atoms with Crippen molar-refractivity contribution in [1.82, 2.24) is 4.90 Å². The van der Waals surface area contributed by atoms with E-state index in [1.54, 1.807) is 11.4 Å². The zero-order valence-electron chi connectivity index (χ0n) is 10.5. The largest absolute Gasteiger partial charge is 0.315 e. The molecule has 1 aromatic rings. The molecule has 0 radical (unpaired) electrons. The maximum absolute atomic E-state index is 11.9. The lowest BCUT2D eigenvalue weighted by Gasteiger charge is -2.31. The van der Waals surface area contributed by atoms with Crippen LogP contribution in [0.15, 0.2) is 11.4 Å². The van der Waals surface area contributed by atoms with Crippen LogP contribution in [0.3, 0.4) is 0 Å². The molecule has 2 rings (SSSR count). The zero-order valence-corrected chi connectivity index (χ0v) is 11.3. The number of amides is 1. The summed E-state index contributed by atoms with van der Waals surface area (Å²) >= 11 is 1.33. The molecule has 1 N–H and O–H groups in total. The molecule has 0 spiro atoms. The van der Waals surface area contributed by atoms with Gasteiger partial charge in [-0.1, -0.05) is 6.42 Å². The molecule has 2 heterocycles. The summed E-state index contributed by atoms with van der Waals surface area (Å²) < 4.78 is 0. The third-order valence-corrected chi connectivity index (χ3v) is 4.04. The molecule has 1 unspecified atom stereocenters. The number of nitrogens with zero attached hydrogens (tertiary/aromatic N) is 2. The second kappa shape index (κ2) is 6.45. The van der Waals surface area contributed by atoms with Crippen LogP contribution < -0.4 is 5.32 Å². The molecule has 0 aromatic carbocycles. The van der Waals surface area contributed by atoms with Crippen LogP contribution in [-0.4, -0.2) is 36.2 Å². The summed E-state index contributed by atoms with van der Waals surface area (Å²) in [5.41, 5.74) is 0.476. The number of aldehydes is 1. The van der Waals surface area contributed by atoms with Gasteiger partial charge in [0.05, 0.1) is 18.2 Å². The van der Waals surface area contributed by atoms with Crippen LogP contribution in [0.25, 0.3) is 0 Å². The van der Waals surface area contributed by atoms with Crippen molar-refractivity contribution in [1.29, 1.82) is 5.26 Å². The van der Waals surface area contributed by atoms with Gasteiger partial charge >= 0.3 is 0 Å². The number of hydrogen-bond acceptors (Lipinski definition) is 5. The van der Waals surface area contributed by atoms with Crippen molar-refractivity contribution in [3.63, 3.8) is 0 Å². The molecule has 1 atom stereocenters. The van der Waals surface area contributed by atoms with Gasteiger partial charge in [-0.25, -0.2) is 0 Å². The van der Waals surface area contributed by atoms with Gasteiger partial charge in [-0.3, -0.25) is 9.69 Å². The Bertz CT molecular complexity index is 506. The first-order chi connectivity index (χ1) is 9.24. The van der Waals surface area contributed by atoms with Crippen LogP contribution in [0.5, 0.6) is 0 Å². The van der Waals surface area contributed by atoms with Gasteiger partial charge in [-0.15, -0.1) is 11.3 Å². The van der Waals surface area contributed by atoms with E-state index in [0.29, 0.717) is 10.6 Å². The van der Waals surface area contributed by atoms with Crippen molar-refractivity contribution in [3.8, 4) is 6.07 Å².